The number of esters is 1. The van der Waals surface area contributed by atoms with Crippen LogP contribution in [0.4, 0.5) is 0 Å². The molecule has 0 heterocycles. The van der Waals surface area contributed by atoms with Gasteiger partial charge in [0.2, 0.25) is 0 Å². The van der Waals surface area contributed by atoms with Crippen LogP contribution in [0.2, 0.25) is 0 Å². The predicted octanol–water partition coefficient (Wildman–Crippen LogP) is 1.75. The smallest absolute Gasteiger partial charge is 0.362 e. The van der Waals surface area contributed by atoms with Crippen molar-refractivity contribution in [1.82, 2.24) is 0 Å². The van der Waals surface area contributed by atoms with Crippen LogP contribution in [0.15, 0.2) is 22.7 Å². The van der Waals surface area contributed by atoms with Gasteiger partial charge in [0.05, 0.1) is 11.6 Å². The zero-order valence-corrected chi connectivity index (χ0v) is 11.3. The number of halogens is 1. The van der Waals surface area contributed by atoms with E-state index < -0.39 is 19.9 Å². The van der Waals surface area contributed by atoms with E-state index in [0.29, 0.717) is 4.47 Å². The standard InChI is InChI=1S/C9H10BrO6P/c1-15-8-6(3-2-4-7(8)10)9(11)16-5-17(12,13)14/h2-4H,5H2,1H3,(H2,12,13,14). The van der Waals surface area contributed by atoms with Gasteiger partial charge in [-0.1, -0.05) is 6.07 Å². The molecular formula is C9H10BrO6P. The summed E-state index contributed by atoms with van der Waals surface area (Å²) < 4.78 is 20.6. The molecule has 1 aromatic rings. The topological polar surface area (TPSA) is 93.1 Å². The van der Waals surface area contributed by atoms with Gasteiger partial charge in [0.15, 0.2) is 6.35 Å². The third-order valence-electron chi connectivity index (χ3n) is 1.75. The Bertz CT molecular complexity index is 469. The fraction of sp³-hybridized carbons (Fsp3) is 0.222. The zero-order valence-electron chi connectivity index (χ0n) is 8.79. The van der Waals surface area contributed by atoms with Crippen LogP contribution in [0.3, 0.4) is 0 Å². The Kier molecular flexibility index (Phi) is 4.70. The van der Waals surface area contributed by atoms with Crippen LogP contribution in [0, 0.1) is 0 Å². The summed E-state index contributed by atoms with van der Waals surface area (Å²) in [5.41, 5.74) is 0.0929. The number of hydrogen-bond acceptors (Lipinski definition) is 4. The molecule has 2 N–H and O–H groups in total. The summed E-state index contributed by atoms with van der Waals surface area (Å²) in [6.07, 6.45) is -0.957. The number of carbonyl (C=O) groups is 1. The molecule has 0 aliphatic heterocycles. The van der Waals surface area contributed by atoms with Crippen LogP contribution in [-0.2, 0) is 9.30 Å². The van der Waals surface area contributed by atoms with Crippen molar-refractivity contribution in [2.24, 2.45) is 0 Å². The second-order valence-electron chi connectivity index (χ2n) is 3.05. The van der Waals surface area contributed by atoms with Gasteiger partial charge in [-0.2, -0.15) is 0 Å². The average Bonchev–Trinajstić information content (AvgIpc) is 2.24. The van der Waals surface area contributed by atoms with E-state index in [-0.39, 0.29) is 11.3 Å². The van der Waals surface area contributed by atoms with E-state index in [1.54, 1.807) is 12.1 Å². The highest BCUT2D eigenvalue weighted by Crippen LogP contribution is 2.35. The minimum absolute atomic E-state index is 0.0929. The normalized spacial score (nSPS) is 11.1. The van der Waals surface area contributed by atoms with Crippen LogP contribution in [0.25, 0.3) is 0 Å². The molecule has 0 bridgehead atoms. The lowest BCUT2D eigenvalue weighted by molar-refractivity contribution is 0.0546. The highest BCUT2D eigenvalue weighted by Gasteiger charge is 2.20. The monoisotopic (exact) mass is 324 g/mol. The van der Waals surface area contributed by atoms with Crippen molar-refractivity contribution >= 4 is 29.5 Å². The van der Waals surface area contributed by atoms with Crippen LogP contribution >= 0.6 is 23.5 Å². The van der Waals surface area contributed by atoms with Gasteiger partial charge in [0, 0.05) is 0 Å². The molecule has 17 heavy (non-hydrogen) atoms. The molecule has 0 aliphatic rings. The zero-order chi connectivity index (χ0) is 13.1. The van der Waals surface area contributed by atoms with Crippen LogP contribution in [-0.4, -0.2) is 29.2 Å². The van der Waals surface area contributed by atoms with Crippen molar-refractivity contribution in [3.63, 3.8) is 0 Å². The summed E-state index contributed by atoms with van der Waals surface area (Å²) in [5.74, 6) is -0.602. The van der Waals surface area contributed by atoms with Gasteiger partial charge in [-0.15, -0.1) is 0 Å². The second kappa shape index (κ2) is 5.64. The Morgan fingerprint density at radius 3 is 2.65 bits per heavy atom. The maximum absolute atomic E-state index is 11.6. The summed E-state index contributed by atoms with van der Waals surface area (Å²) in [5, 5.41) is 0. The van der Waals surface area contributed by atoms with Gasteiger partial charge in [0.25, 0.3) is 0 Å². The lowest BCUT2D eigenvalue weighted by Gasteiger charge is -2.10. The number of rotatable bonds is 4. The molecular weight excluding hydrogens is 315 g/mol. The van der Waals surface area contributed by atoms with Crippen LogP contribution in [0.1, 0.15) is 10.4 Å². The van der Waals surface area contributed by atoms with E-state index in [1.807, 2.05) is 0 Å². The Labute approximate surface area is 106 Å². The summed E-state index contributed by atoms with van der Waals surface area (Å²) >= 11 is 3.18. The number of carbonyl (C=O) groups excluding carboxylic acids is 1. The van der Waals surface area contributed by atoms with Crippen molar-refractivity contribution in [3.05, 3.63) is 28.2 Å². The van der Waals surface area contributed by atoms with E-state index in [9.17, 15) is 9.36 Å². The minimum atomic E-state index is -4.37. The SMILES string of the molecule is COc1c(Br)cccc1C(=O)OCP(=O)(O)O. The first-order chi connectivity index (χ1) is 7.85. The fourth-order valence-corrected chi connectivity index (χ4v) is 1.91. The molecule has 0 spiro atoms. The molecule has 0 fully saturated rings. The first-order valence-electron chi connectivity index (χ1n) is 4.39. The maximum Gasteiger partial charge on any atom is 0.362 e. The molecule has 0 saturated heterocycles. The summed E-state index contributed by atoms with van der Waals surface area (Å²) in [6, 6.07) is 4.69. The fourth-order valence-electron chi connectivity index (χ4n) is 1.10. The average molecular weight is 325 g/mol. The van der Waals surface area contributed by atoms with Crippen molar-refractivity contribution in [2.75, 3.05) is 13.5 Å². The number of ether oxygens (including phenoxy) is 2. The van der Waals surface area contributed by atoms with Crippen molar-refractivity contribution in [3.8, 4) is 5.75 Å². The summed E-state index contributed by atoms with van der Waals surface area (Å²) in [7, 11) is -3.00. The van der Waals surface area contributed by atoms with Crippen LogP contribution < -0.4 is 4.74 Å². The maximum atomic E-state index is 11.6. The predicted molar refractivity (Wildman–Crippen MR) is 63.0 cm³/mol. The Balaban J connectivity index is 2.89. The molecule has 0 radical (unpaired) electrons. The first-order valence-corrected chi connectivity index (χ1v) is 6.98. The quantitative estimate of drug-likeness (QED) is 0.647. The molecule has 8 heteroatoms. The Hall–Kier alpha value is -0.880. The molecule has 0 amide bonds. The molecule has 1 rings (SSSR count). The molecule has 6 nitrogen and oxygen atoms in total. The lowest BCUT2D eigenvalue weighted by atomic mass is 10.2. The van der Waals surface area contributed by atoms with Gasteiger partial charge in [-0.3, -0.25) is 4.57 Å². The molecule has 0 unspecified atom stereocenters. The van der Waals surface area contributed by atoms with Gasteiger partial charge < -0.3 is 19.3 Å². The number of benzene rings is 1. The van der Waals surface area contributed by atoms with Gasteiger partial charge in [-0.25, -0.2) is 4.79 Å². The minimum Gasteiger partial charge on any atom is -0.495 e. The van der Waals surface area contributed by atoms with Crippen molar-refractivity contribution in [2.45, 2.75) is 0 Å². The molecule has 0 aliphatic carbocycles. The number of hydrogen-bond donors (Lipinski definition) is 2. The van der Waals surface area contributed by atoms with Crippen molar-refractivity contribution in [1.29, 1.82) is 0 Å². The molecule has 0 aromatic heterocycles. The number of methoxy groups -OCH3 is 1. The molecule has 1 aromatic carbocycles. The van der Waals surface area contributed by atoms with Crippen molar-refractivity contribution < 1.29 is 28.6 Å². The highest BCUT2D eigenvalue weighted by molar-refractivity contribution is 9.10. The van der Waals surface area contributed by atoms with E-state index in [0.717, 1.165) is 0 Å². The Morgan fingerprint density at radius 2 is 2.12 bits per heavy atom. The third-order valence-corrected chi connectivity index (χ3v) is 2.84. The first kappa shape index (κ1) is 14.2. The number of para-hydroxylation sites is 1. The summed E-state index contributed by atoms with van der Waals surface area (Å²) in [6.45, 7) is 0. The van der Waals surface area contributed by atoms with Crippen LogP contribution in [0.5, 0.6) is 5.75 Å². The van der Waals surface area contributed by atoms with E-state index in [2.05, 4.69) is 20.7 Å². The van der Waals surface area contributed by atoms with Gasteiger partial charge in [-0.05, 0) is 28.1 Å². The molecule has 0 saturated carbocycles. The Morgan fingerprint density at radius 1 is 1.47 bits per heavy atom. The van der Waals surface area contributed by atoms with Gasteiger partial charge >= 0.3 is 13.6 Å². The van der Waals surface area contributed by atoms with E-state index in [1.165, 1.54) is 13.2 Å². The van der Waals surface area contributed by atoms with Gasteiger partial charge in [0.1, 0.15) is 11.3 Å². The second-order valence-corrected chi connectivity index (χ2v) is 5.49. The van der Waals surface area contributed by atoms with E-state index >= 15 is 0 Å². The largest absolute Gasteiger partial charge is 0.495 e. The highest BCUT2D eigenvalue weighted by atomic mass is 79.9. The summed E-state index contributed by atoms with van der Waals surface area (Å²) in [4.78, 5) is 28.7. The molecule has 0 atom stereocenters. The third kappa shape index (κ3) is 4.12. The van der Waals surface area contributed by atoms with E-state index in [4.69, 9.17) is 14.5 Å². The molecule has 94 valence electrons. The lowest BCUT2D eigenvalue weighted by Crippen LogP contribution is -2.08.